The van der Waals surface area contributed by atoms with Crippen molar-refractivity contribution in [2.75, 3.05) is 40.8 Å². The third-order valence-corrected chi connectivity index (χ3v) is 6.24. The summed E-state index contributed by atoms with van der Waals surface area (Å²) in [6.45, 7) is 4.02. The molecule has 0 radical (unpaired) electrons. The van der Waals surface area contributed by atoms with E-state index < -0.39 is 10.0 Å². The second-order valence-corrected chi connectivity index (χ2v) is 8.53. The Kier molecular flexibility index (Phi) is 6.06. The lowest BCUT2D eigenvalue weighted by Crippen LogP contribution is -2.39. The van der Waals surface area contributed by atoms with E-state index >= 15 is 0 Å². The van der Waals surface area contributed by atoms with Crippen LogP contribution in [0.1, 0.15) is 35.4 Å². The number of piperidine rings is 1. The summed E-state index contributed by atoms with van der Waals surface area (Å²) in [7, 11) is 1.14. The van der Waals surface area contributed by atoms with E-state index in [9.17, 15) is 13.2 Å². The molecule has 0 bridgehead atoms. The van der Waals surface area contributed by atoms with E-state index in [0.717, 1.165) is 30.1 Å². The molecule has 1 aliphatic rings. The first kappa shape index (κ1) is 19.0. The second-order valence-electron chi connectivity index (χ2n) is 6.45. The molecule has 0 saturated carbocycles. The molecule has 1 amide bonds. The van der Waals surface area contributed by atoms with Crippen LogP contribution < -0.4 is 5.32 Å². The Morgan fingerprint density at radius 3 is 2.54 bits per heavy atom. The van der Waals surface area contributed by atoms with Crippen LogP contribution >= 0.6 is 0 Å². The van der Waals surface area contributed by atoms with Crippen molar-refractivity contribution >= 4 is 15.9 Å². The Morgan fingerprint density at radius 1 is 1.38 bits per heavy atom. The van der Waals surface area contributed by atoms with Crippen LogP contribution in [0.4, 0.5) is 0 Å². The number of rotatable bonds is 6. The third kappa shape index (κ3) is 3.99. The number of sulfonamides is 1. The molecule has 2 heterocycles. The third-order valence-electron chi connectivity index (χ3n) is 4.56. The number of hydrogen-bond acceptors (Lipinski definition) is 5. The molecule has 0 unspecified atom stereocenters. The minimum atomic E-state index is -3.67. The molecule has 1 aliphatic heterocycles. The molecule has 2 rings (SSSR count). The van der Waals surface area contributed by atoms with Crippen LogP contribution in [-0.2, 0) is 10.0 Å². The topological polar surface area (TPSA) is 82.9 Å². The van der Waals surface area contributed by atoms with Gasteiger partial charge in [-0.2, -0.15) is 0 Å². The normalized spacial score (nSPS) is 16.8. The van der Waals surface area contributed by atoms with E-state index in [1.807, 2.05) is 7.05 Å². The Labute approximate surface area is 144 Å². The zero-order valence-corrected chi connectivity index (χ0v) is 15.6. The number of hydrogen-bond donors (Lipinski definition) is 1. The lowest BCUT2D eigenvalue weighted by atomic mass is 9.93. The summed E-state index contributed by atoms with van der Waals surface area (Å²) in [5.74, 6) is 0.831. The lowest BCUT2D eigenvalue weighted by molar-refractivity contribution is 0.0685. The Balaban J connectivity index is 2.08. The Morgan fingerprint density at radius 2 is 2.00 bits per heavy atom. The summed E-state index contributed by atoms with van der Waals surface area (Å²) in [4.78, 5) is 14.5. The van der Waals surface area contributed by atoms with Crippen LogP contribution in [0.5, 0.6) is 0 Å². The van der Waals surface area contributed by atoms with Crippen molar-refractivity contribution in [2.45, 2.75) is 31.3 Å². The fourth-order valence-electron chi connectivity index (χ4n) is 2.92. The van der Waals surface area contributed by atoms with Crippen molar-refractivity contribution in [2.24, 2.45) is 5.92 Å². The van der Waals surface area contributed by atoms with Gasteiger partial charge in [0.2, 0.25) is 5.09 Å². The number of nitrogens with zero attached hydrogens (tertiary/aromatic N) is 2. The van der Waals surface area contributed by atoms with Crippen LogP contribution in [-0.4, -0.2) is 64.3 Å². The fourth-order valence-corrected chi connectivity index (χ4v) is 3.77. The van der Waals surface area contributed by atoms with Crippen molar-refractivity contribution < 1.29 is 17.6 Å². The number of carbonyl (C=O) groups excluding carboxylic acids is 1. The first-order chi connectivity index (χ1) is 11.3. The maximum Gasteiger partial charge on any atom is 0.275 e. The zero-order valence-electron chi connectivity index (χ0n) is 14.8. The summed E-state index contributed by atoms with van der Waals surface area (Å²) in [6.07, 6.45) is 3.08. The molecule has 136 valence electrons. The molecular formula is C16H27N3O4S. The molecule has 0 spiro atoms. The van der Waals surface area contributed by atoms with Gasteiger partial charge in [0, 0.05) is 33.3 Å². The van der Waals surface area contributed by atoms with Gasteiger partial charge in [-0.1, -0.05) is 0 Å². The number of carbonyl (C=O) groups is 1. The lowest BCUT2D eigenvalue weighted by Gasteiger charge is -2.32. The van der Waals surface area contributed by atoms with Crippen molar-refractivity contribution in [1.82, 2.24) is 14.5 Å². The summed E-state index contributed by atoms with van der Waals surface area (Å²) in [5.41, 5.74) is 0.337. The van der Waals surface area contributed by atoms with Gasteiger partial charge >= 0.3 is 0 Å². The molecule has 1 fully saturated rings. The van der Waals surface area contributed by atoms with Crippen LogP contribution in [0.15, 0.2) is 15.6 Å². The van der Waals surface area contributed by atoms with Gasteiger partial charge < -0.3 is 14.6 Å². The number of nitrogens with one attached hydrogen (secondary N) is 1. The second kappa shape index (κ2) is 7.67. The van der Waals surface area contributed by atoms with E-state index in [1.54, 1.807) is 11.8 Å². The average Bonchev–Trinajstić information content (AvgIpc) is 2.95. The quantitative estimate of drug-likeness (QED) is 0.830. The van der Waals surface area contributed by atoms with E-state index in [1.165, 1.54) is 20.2 Å². The van der Waals surface area contributed by atoms with Gasteiger partial charge in [-0.05, 0) is 45.7 Å². The van der Waals surface area contributed by atoms with Gasteiger partial charge in [0.1, 0.15) is 5.76 Å². The highest BCUT2D eigenvalue weighted by Crippen LogP contribution is 2.25. The SMILES string of the molecule is CNCCC1CCN(C(=O)c2cc(S(=O)(=O)N(C)C)oc2C)CC1. The molecule has 0 atom stereocenters. The highest BCUT2D eigenvalue weighted by Gasteiger charge is 2.29. The minimum absolute atomic E-state index is 0.150. The highest BCUT2D eigenvalue weighted by atomic mass is 32.2. The van der Waals surface area contributed by atoms with Crippen LogP contribution in [0.3, 0.4) is 0 Å². The van der Waals surface area contributed by atoms with Crippen molar-refractivity contribution in [3.05, 3.63) is 17.4 Å². The maximum atomic E-state index is 12.7. The van der Waals surface area contributed by atoms with Crippen LogP contribution in [0, 0.1) is 12.8 Å². The number of aryl methyl sites for hydroxylation is 1. The molecule has 1 aromatic rings. The number of furan rings is 1. The summed E-state index contributed by atoms with van der Waals surface area (Å²) in [5, 5.41) is 2.97. The maximum absolute atomic E-state index is 12.7. The molecular weight excluding hydrogens is 330 g/mol. The molecule has 0 aliphatic carbocycles. The van der Waals surface area contributed by atoms with E-state index in [-0.39, 0.29) is 11.0 Å². The molecule has 1 N–H and O–H groups in total. The van der Waals surface area contributed by atoms with Gasteiger partial charge in [-0.3, -0.25) is 4.79 Å². The van der Waals surface area contributed by atoms with E-state index in [4.69, 9.17) is 4.42 Å². The zero-order chi connectivity index (χ0) is 17.9. The molecule has 0 aromatic carbocycles. The largest absolute Gasteiger partial charge is 0.448 e. The highest BCUT2D eigenvalue weighted by molar-refractivity contribution is 7.88. The first-order valence-corrected chi connectivity index (χ1v) is 9.68. The van der Waals surface area contributed by atoms with Crippen molar-refractivity contribution in [3.63, 3.8) is 0 Å². The molecule has 1 saturated heterocycles. The molecule has 1 aromatic heterocycles. The van der Waals surface area contributed by atoms with Crippen molar-refractivity contribution in [1.29, 1.82) is 0 Å². The van der Waals surface area contributed by atoms with Gasteiger partial charge in [-0.25, -0.2) is 12.7 Å². The average molecular weight is 357 g/mol. The van der Waals surface area contributed by atoms with Gasteiger partial charge in [0.15, 0.2) is 0 Å². The summed E-state index contributed by atoms with van der Waals surface area (Å²) < 4.78 is 30.7. The first-order valence-electron chi connectivity index (χ1n) is 8.24. The minimum Gasteiger partial charge on any atom is -0.448 e. The predicted molar refractivity (Wildman–Crippen MR) is 91.5 cm³/mol. The van der Waals surface area contributed by atoms with Gasteiger partial charge in [0.05, 0.1) is 5.56 Å². The Bertz CT molecular complexity index is 673. The summed E-state index contributed by atoms with van der Waals surface area (Å²) >= 11 is 0. The summed E-state index contributed by atoms with van der Waals surface area (Å²) in [6, 6.07) is 1.35. The number of amides is 1. The monoisotopic (exact) mass is 357 g/mol. The van der Waals surface area contributed by atoms with Gasteiger partial charge in [-0.15, -0.1) is 0 Å². The smallest absolute Gasteiger partial charge is 0.275 e. The van der Waals surface area contributed by atoms with Gasteiger partial charge in [0.25, 0.3) is 15.9 Å². The molecule has 24 heavy (non-hydrogen) atoms. The van der Waals surface area contributed by atoms with Crippen LogP contribution in [0.25, 0.3) is 0 Å². The van der Waals surface area contributed by atoms with Crippen LogP contribution in [0.2, 0.25) is 0 Å². The van der Waals surface area contributed by atoms with Crippen molar-refractivity contribution in [3.8, 4) is 0 Å². The number of likely N-dealkylation sites (tertiary alicyclic amines) is 1. The predicted octanol–water partition coefficient (Wildman–Crippen LogP) is 1.30. The standard InChI is InChI=1S/C16H27N3O4S/c1-12-14(11-15(23-12)24(21,22)18(3)4)16(20)19-9-6-13(7-10-19)5-8-17-2/h11,13,17H,5-10H2,1-4H3. The van der Waals surface area contributed by atoms with E-state index in [0.29, 0.717) is 30.3 Å². The Hall–Kier alpha value is -1.38. The molecule has 7 nitrogen and oxygen atoms in total. The molecule has 8 heteroatoms. The fraction of sp³-hybridized carbons (Fsp3) is 0.688. The van der Waals surface area contributed by atoms with E-state index in [2.05, 4.69) is 5.32 Å².